The molecular weight excluding hydrogens is 310 g/mol. The van der Waals surface area contributed by atoms with Crippen molar-refractivity contribution in [3.63, 3.8) is 0 Å². The van der Waals surface area contributed by atoms with E-state index in [-0.39, 0.29) is 12.5 Å². The first-order chi connectivity index (χ1) is 10.9. The van der Waals surface area contributed by atoms with E-state index in [2.05, 4.69) is 11.4 Å². The van der Waals surface area contributed by atoms with Gasteiger partial charge in [-0.3, -0.25) is 4.79 Å². The van der Waals surface area contributed by atoms with E-state index in [1.54, 1.807) is 18.2 Å². The summed E-state index contributed by atoms with van der Waals surface area (Å²) >= 11 is 5.97. The second-order valence-corrected chi connectivity index (χ2v) is 5.96. The number of hydrogen-bond acceptors (Lipinski definition) is 3. The molecule has 23 heavy (non-hydrogen) atoms. The van der Waals surface area contributed by atoms with Crippen molar-refractivity contribution in [2.24, 2.45) is 0 Å². The summed E-state index contributed by atoms with van der Waals surface area (Å²) in [5.74, 6) is -0.146. The predicted molar refractivity (Wildman–Crippen MR) is 94.0 cm³/mol. The number of likely N-dealkylation sites (N-methyl/N-ethyl adjacent to an activating group) is 1. The Bertz CT molecular complexity index is 760. The average Bonchev–Trinajstić information content (AvgIpc) is 2.46. The summed E-state index contributed by atoms with van der Waals surface area (Å²) in [6, 6.07) is 13.0. The van der Waals surface area contributed by atoms with Crippen LogP contribution in [-0.2, 0) is 4.79 Å². The Morgan fingerprint density at radius 2 is 1.87 bits per heavy atom. The number of nitriles is 1. The molecule has 1 N–H and O–H groups in total. The van der Waals surface area contributed by atoms with E-state index < -0.39 is 0 Å². The van der Waals surface area contributed by atoms with Crippen LogP contribution in [-0.4, -0.2) is 19.5 Å². The summed E-state index contributed by atoms with van der Waals surface area (Å²) in [7, 11) is 1.87. The lowest BCUT2D eigenvalue weighted by molar-refractivity contribution is -0.114. The molecule has 2 rings (SSSR count). The van der Waals surface area contributed by atoms with Crippen LogP contribution in [0.3, 0.4) is 0 Å². The van der Waals surface area contributed by atoms with Crippen molar-refractivity contribution < 1.29 is 4.79 Å². The van der Waals surface area contributed by atoms with E-state index >= 15 is 0 Å². The zero-order valence-corrected chi connectivity index (χ0v) is 14.1. The largest absolute Gasteiger partial charge is 0.365 e. The number of rotatable bonds is 4. The van der Waals surface area contributed by atoms with Gasteiger partial charge in [0, 0.05) is 18.4 Å². The first kappa shape index (κ1) is 16.9. The maximum atomic E-state index is 12.2. The molecule has 2 aromatic rings. The van der Waals surface area contributed by atoms with Crippen molar-refractivity contribution in [2.45, 2.75) is 13.8 Å². The fourth-order valence-corrected chi connectivity index (χ4v) is 2.58. The third kappa shape index (κ3) is 4.48. The van der Waals surface area contributed by atoms with Crippen molar-refractivity contribution in [3.05, 3.63) is 58.1 Å². The van der Waals surface area contributed by atoms with E-state index in [4.69, 9.17) is 16.9 Å². The van der Waals surface area contributed by atoms with Crippen LogP contribution in [0.5, 0.6) is 0 Å². The van der Waals surface area contributed by atoms with Crippen molar-refractivity contribution in [3.8, 4) is 6.07 Å². The van der Waals surface area contributed by atoms with Gasteiger partial charge in [0.25, 0.3) is 0 Å². The number of nitrogens with zero attached hydrogens (tertiary/aromatic N) is 2. The molecule has 118 valence electrons. The van der Waals surface area contributed by atoms with Gasteiger partial charge in [-0.1, -0.05) is 17.7 Å². The molecule has 0 unspecified atom stereocenters. The van der Waals surface area contributed by atoms with Gasteiger partial charge in [-0.2, -0.15) is 5.26 Å². The topological polar surface area (TPSA) is 56.1 Å². The molecule has 2 aromatic carbocycles. The van der Waals surface area contributed by atoms with E-state index in [0.29, 0.717) is 16.3 Å². The third-order valence-electron chi connectivity index (χ3n) is 3.40. The van der Waals surface area contributed by atoms with E-state index in [1.165, 1.54) is 0 Å². The molecule has 0 aliphatic rings. The Kier molecular flexibility index (Phi) is 5.25. The molecule has 0 aliphatic carbocycles. The molecule has 0 radical (unpaired) electrons. The smallest absolute Gasteiger partial charge is 0.243 e. The van der Waals surface area contributed by atoms with Crippen LogP contribution in [0.2, 0.25) is 5.02 Å². The lowest BCUT2D eigenvalue weighted by Gasteiger charge is -2.20. The Morgan fingerprint density at radius 3 is 2.43 bits per heavy atom. The van der Waals surface area contributed by atoms with Gasteiger partial charge in [0.15, 0.2) is 0 Å². The molecule has 0 saturated heterocycles. The van der Waals surface area contributed by atoms with E-state index in [1.807, 2.05) is 44.0 Å². The van der Waals surface area contributed by atoms with Gasteiger partial charge in [-0.25, -0.2) is 0 Å². The van der Waals surface area contributed by atoms with Crippen LogP contribution in [0.1, 0.15) is 16.7 Å². The summed E-state index contributed by atoms with van der Waals surface area (Å²) in [6.45, 7) is 4.28. The van der Waals surface area contributed by atoms with Gasteiger partial charge in [0.1, 0.15) is 6.07 Å². The van der Waals surface area contributed by atoms with Gasteiger partial charge < -0.3 is 10.2 Å². The number of benzene rings is 2. The summed E-state index contributed by atoms with van der Waals surface area (Å²) in [6.07, 6.45) is 0. The molecule has 4 nitrogen and oxygen atoms in total. The molecule has 0 atom stereocenters. The monoisotopic (exact) mass is 327 g/mol. The minimum atomic E-state index is -0.146. The summed E-state index contributed by atoms with van der Waals surface area (Å²) in [4.78, 5) is 14.1. The van der Waals surface area contributed by atoms with Crippen LogP contribution in [0.15, 0.2) is 36.4 Å². The minimum absolute atomic E-state index is 0.146. The van der Waals surface area contributed by atoms with Crippen LogP contribution >= 0.6 is 11.6 Å². The fraction of sp³-hybridized carbons (Fsp3) is 0.222. The predicted octanol–water partition coefficient (Wildman–Crippen LogP) is 3.90. The average molecular weight is 328 g/mol. The second kappa shape index (κ2) is 7.17. The highest BCUT2D eigenvalue weighted by Gasteiger charge is 2.10. The molecule has 0 saturated carbocycles. The van der Waals surface area contributed by atoms with Gasteiger partial charge in [0.05, 0.1) is 17.1 Å². The number of nitrogens with one attached hydrogen (secondary N) is 1. The number of halogens is 1. The SMILES string of the molecule is Cc1cc(C)cc(N(C)CC(=O)Nc2ccc(C#N)c(Cl)c2)c1. The Balaban J connectivity index is 2.04. The molecule has 0 heterocycles. The van der Waals surface area contributed by atoms with Crippen LogP contribution in [0, 0.1) is 25.2 Å². The van der Waals surface area contributed by atoms with Crippen LogP contribution < -0.4 is 10.2 Å². The van der Waals surface area contributed by atoms with Crippen LogP contribution in [0.25, 0.3) is 0 Å². The number of anilines is 2. The Hall–Kier alpha value is -2.51. The van der Waals surface area contributed by atoms with Gasteiger partial charge in [-0.05, 0) is 55.3 Å². The van der Waals surface area contributed by atoms with Gasteiger partial charge >= 0.3 is 0 Å². The number of hydrogen-bond donors (Lipinski definition) is 1. The molecule has 0 spiro atoms. The molecule has 0 aliphatic heterocycles. The molecule has 1 amide bonds. The molecule has 0 bridgehead atoms. The Morgan fingerprint density at radius 1 is 1.22 bits per heavy atom. The summed E-state index contributed by atoms with van der Waals surface area (Å²) in [5, 5.41) is 12.0. The first-order valence-corrected chi connectivity index (χ1v) is 7.56. The van der Waals surface area contributed by atoms with Gasteiger partial charge in [-0.15, -0.1) is 0 Å². The van der Waals surface area contributed by atoms with Crippen molar-refractivity contribution in [1.29, 1.82) is 5.26 Å². The first-order valence-electron chi connectivity index (χ1n) is 7.18. The molecule has 0 fully saturated rings. The highest BCUT2D eigenvalue weighted by molar-refractivity contribution is 6.32. The highest BCUT2D eigenvalue weighted by atomic mass is 35.5. The van der Waals surface area contributed by atoms with Crippen LogP contribution in [0.4, 0.5) is 11.4 Å². The van der Waals surface area contributed by atoms with Gasteiger partial charge in [0.2, 0.25) is 5.91 Å². The molecule has 0 aromatic heterocycles. The fourth-order valence-electron chi connectivity index (χ4n) is 2.36. The van der Waals surface area contributed by atoms with E-state index in [0.717, 1.165) is 16.8 Å². The number of amides is 1. The quantitative estimate of drug-likeness (QED) is 0.926. The third-order valence-corrected chi connectivity index (χ3v) is 3.71. The summed E-state index contributed by atoms with van der Waals surface area (Å²) < 4.78 is 0. The number of aryl methyl sites for hydroxylation is 2. The highest BCUT2D eigenvalue weighted by Crippen LogP contribution is 2.21. The zero-order chi connectivity index (χ0) is 17.0. The molecular formula is C18H18ClN3O. The minimum Gasteiger partial charge on any atom is -0.365 e. The maximum absolute atomic E-state index is 12.2. The lowest BCUT2D eigenvalue weighted by Crippen LogP contribution is -2.30. The van der Waals surface area contributed by atoms with Crippen molar-refractivity contribution >= 4 is 28.9 Å². The lowest BCUT2D eigenvalue weighted by atomic mass is 10.1. The Labute approximate surface area is 141 Å². The number of carbonyl (C=O) groups is 1. The molecule has 5 heteroatoms. The number of carbonyl (C=O) groups excluding carboxylic acids is 1. The normalized spacial score (nSPS) is 10.0. The van der Waals surface area contributed by atoms with Crippen molar-refractivity contribution in [1.82, 2.24) is 0 Å². The maximum Gasteiger partial charge on any atom is 0.243 e. The summed E-state index contributed by atoms with van der Waals surface area (Å²) in [5.41, 5.74) is 4.28. The standard InChI is InChI=1S/C18H18ClN3O/c1-12-6-13(2)8-16(7-12)22(3)11-18(23)21-15-5-4-14(10-20)17(19)9-15/h4-9H,11H2,1-3H3,(H,21,23). The van der Waals surface area contributed by atoms with E-state index in [9.17, 15) is 4.79 Å². The van der Waals surface area contributed by atoms with Crippen molar-refractivity contribution in [2.75, 3.05) is 23.8 Å². The zero-order valence-electron chi connectivity index (χ0n) is 13.4. The second-order valence-electron chi connectivity index (χ2n) is 5.56.